The van der Waals surface area contributed by atoms with Crippen LogP contribution in [0.2, 0.25) is 0 Å². The summed E-state index contributed by atoms with van der Waals surface area (Å²) in [5.74, 6) is 0.113. The smallest absolute Gasteiger partial charge is 0.256 e. The number of carbonyl (C=O) groups is 1. The van der Waals surface area contributed by atoms with Gasteiger partial charge in [0.05, 0.1) is 4.90 Å². The van der Waals surface area contributed by atoms with Gasteiger partial charge in [0.25, 0.3) is 5.91 Å². The highest BCUT2D eigenvalue weighted by Crippen LogP contribution is 2.13. The summed E-state index contributed by atoms with van der Waals surface area (Å²) in [7, 11) is -3.57. The topological polar surface area (TPSA) is 88.2 Å². The summed E-state index contributed by atoms with van der Waals surface area (Å²) in [6, 6.07) is 11.0. The molecule has 0 fully saturated rings. The molecule has 1 aromatic heterocycles. The van der Waals surface area contributed by atoms with Crippen LogP contribution in [0.5, 0.6) is 0 Å². The minimum absolute atomic E-state index is 0.132. The number of benzene rings is 1. The van der Waals surface area contributed by atoms with Crippen LogP contribution in [0.25, 0.3) is 0 Å². The quantitative estimate of drug-likeness (QED) is 0.841. The monoisotopic (exact) mass is 347 g/mol. The van der Waals surface area contributed by atoms with Crippen LogP contribution in [0.3, 0.4) is 0 Å². The molecule has 1 atom stereocenters. The van der Waals surface area contributed by atoms with E-state index in [1.165, 1.54) is 24.3 Å². The Morgan fingerprint density at radius 1 is 1.17 bits per heavy atom. The highest BCUT2D eigenvalue weighted by molar-refractivity contribution is 7.89. The zero-order valence-electron chi connectivity index (χ0n) is 13.9. The molecule has 0 saturated heterocycles. The molecule has 0 bridgehead atoms. The van der Waals surface area contributed by atoms with Crippen molar-refractivity contribution in [3.8, 4) is 0 Å². The number of aryl methyl sites for hydroxylation is 1. The molecule has 2 rings (SSSR count). The van der Waals surface area contributed by atoms with Crippen molar-refractivity contribution in [2.45, 2.75) is 38.1 Å². The van der Waals surface area contributed by atoms with E-state index < -0.39 is 10.0 Å². The molecule has 128 valence electrons. The fourth-order valence-corrected chi connectivity index (χ4v) is 3.33. The molecule has 1 heterocycles. The maximum absolute atomic E-state index is 12.2. The molecule has 7 heteroatoms. The van der Waals surface area contributed by atoms with Crippen molar-refractivity contribution < 1.29 is 13.2 Å². The van der Waals surface area contributed by atoms with Crippen molar-refractivity contribution in [1.29, 1.82) is 0 Å². The maximum Gasteiger partial charge on any atom is 0.256 e. The van der Waals surface area contributed by atoms with Crippen LogP contribution in [0.1, 0.15) is 36.3 Å². The molecule has 0 radical (unpaired) electrons. The Hall–Kier alpha value is -2.25. The number of aromatic nitrogens is 1. The van der Waals surface area contributed by atoms with Gasteiger partial charge < -0.3 is 5.32 Å². The van der Waals surface area contributed by atoms with Gasteiger partial charge in [-0.3, -0.25) is 4.79 Å². The highest BCUT2D eigenvalue weighted by Gasteiger charge is 2.17. The molecule has 0 aliphatic carbocycles. The molecule has 0 aliphatic heterocycles. The van der Waals surface area contributed by atoms with Crippen molar-refractivity contribution in [2.75, 3.05) is 5.32 Å². The first-order valence-corrected chi connectivity index (χ1v) is 9.17. The number of nitrogens with one attached hydrogen (secondary N) is 2. The molecular formula is C17H21N3O3S. The predicted molar refractivity (Wildman–Crippen MR) is 93.4 cm³/mol. The Labute approximate surface area is 142 Å². The lowest BCUT2D eigenvalue weighted by atomic mass is 10.2. The summed E-state index contributed by atoms with van der Waals surface area (Å²) in [5, 5.41) is 2.68. The fourth-order valence-electron chi connectivity index (χ4n) is 2.00. The zero-order valence-corrected chi connectivity index (χ0v) is 14.7. The van der Waals surface area contributed by atoms with Crippen LogP contribution >= 0.6 is 0 Å². The average molecular weight is 347 g/mol. The minimum atomic E-state index is -3.57. The number of anilines is 1. The molecule has 0 spiro atoms. The number of rotatable bonds is 6. The van der Waals surface area contributed by atoms with Gasteiger partial charge in [-0.25, -0.2) is 18.1 Å². The third kappa shape index (κ3) is 4.62. The second kappa shape index (κ2) is 7.55. The number of sulfonamides is 1. The fraction of sp³-hybridized carbons (Fsp3) is 0.294. The second-order valence-corrected chi connectivity index (χ2v) is 7.29. The summed E-state index contributed by atoms with van der Waals surface area (Å²) in [6.07, 6.45) is 0.698. The van der Waals surface area contributed by atoms with Gasteiger partial charge in [0, 0.05) is 17.3 Å². The van der Waals surface area contributed by atoms with Crippen LogP contribution < -0.4 is 10.0 Å². The summed E-state index contributed by atoms with van der Waals surface area (Å²) in [5.41, 5.74) is 1.16. The number of hydrogen-bond donors (Lipinski definition) is 2. The van der Waals surface area contributed by atoms with Gasteiger partial charge in [-0.15, -0.1) is 0 Å². The number of pyridine rings is 1. The van der Waals surface area contributed by atoms with E-state index >= 15 is 0 Å². The molecule has 6 nitrogen and oxygen atoms in total. The SMILES string of the molecule is CCC(C)NS(=O)(=O)c1ccc(C(=O)Nc2cccc(C)n2)cc1. The Morgan fingerprint density at radius 2 is 1.83 bits per heavy atom. The zero-order chi connectivity index (χ0) is 17.7. The van der Waals surface area contributed by atoms with E-state index in [-0.39, 0.29) is 16.8 Å². The summed E-state index contributed by atoms with van der Waals surface area (Å²) in [6.45, 7) is 5.54. The molecule has 1 unspecified atom stereocenters. The predicted octanol–water partition coefficient (Wildman–Crippen LogP) is 2.72. The van der Waals surface area contributed by atoms with E-state index in [1.807, 2.05) is 19.9 Å². The molecule has 24 heavy (non-hydrogen) atoms. The van der Waals surface area contributed by atoms with Gasteiger partial charge in [0.15, 0.2) is 0 Å². The average Bonchev–Trinajstić information content (AvgIpc) is 2.54. The first kappa shape index (κ1) is 18.1. The van der Waals surface area contributed by atoms with Gasteiger partial charge in [-0.1, -0.05) is 13.0 Å². The highest BCUT2D eigenvalue weighted by atomic mass is 32.2. The van der Waals surface area contributed by atoms with Gasteiger partial charge in [0.2, 0.25) is 10.0 Å². The lowest BCUT2D eigenvalue weighted by Crippen LogP contribution is -2.32. The summed E-state index contributed by atoms with van der Waals surface area (Å²) < 4.78 is 27.0. The number of hydrogen-bond acceptors (Lipinski definition) is 4. The minimum Gasteiger partial charge on any atom is -0.307 e. The Balaban J connectivity index is 2.12. The van der Waals surface area contributed by atoms with Crippen LogP contribution in [-0.2, 0) is 10.0 Å². The first-order chi connectivity index (χ1) is 11.3. The third-order valence-electron chi connectivity index (χ3n) is 3.53. The van der Waals surface area contributed by atoms with Crippen molar-refractivity contribution >= 4 is 21.7 Å². The standard InChI is InChI=1S/C17H21N3O3S/c1-4-12(2)20-24(22,23)15-10-8-14(9-11-15)17(21)19-16-7-5-6-13(3)18-16/h5-12,20H,4H2,1-3H3,(H,18,19,21). The van der Waals surface area contributed by atoms with Crippen molar-refractivity contribution in [3.63, 3.8) is 0 Å². The van der Waals surface area contributed by atoms with Gasteiger partial charge >= 0.3 is 0 Å². The third-order valence-corrected chi connectivity index (χ3v) is 5.13. The Bertz CT molecular complexity index is 817. The first-order valence-electron chi connectivity index (χ1n) is 7.69. The van der Waals surface area contributed by atoms with Crippen molar-refractivity contribution in [3.05, 3.63) is 53.7 Å². The maximum atomic E-state index is 12.2. The normalized spacial score (nSPS) is 12.6. The summed E-state index contributed by atoms with van der Waals surface area (Å²) in [4.78, 5) is 16.5. The van der Waals surface area contributed by atoms with Gasteiger partial charge in [0.1, 0.15) is 5.82 Å². The number of amides is 1. The van der Waals surface area contributed by atoms with Crippen LogP contribution in [0, 0.1) is 6.92 Å². The molecule has 2 N–H and O–H groups in total. The summed E-state index contributed by atoms with van der Waals surface area (Å²) >= 11 is 0. The van der Waals surface area contributed by atoms with Crippen LogP contribution in [-0.4, -0.2) is 25.4 Å². The number of carbonyl (C=O) groups excluding carboxylic acids is 1. The van der Waals surface area contributed by atoms with Gasteiger partial charge in [-0.05, 0) is 56.7 Å². The molecular weight excluding hydrogens is 326 g/mol. The van der Waals surface area contributed by atoms with Crippen molar-refractivity contribution in [2.24, 2.45) is 0 Å². The van der Waals surface area contributed by atoms with Crippen LogP contribution in [0.15, 0.2) is 47.4 Å². The van der Waals surface area contributed by atoms with Crippen LogP contribution in [0.4, 0.5) is 5.82 Å². The molecule has 1 aromatic carbocycles. The van der Waals surface area contributed by atoms with Crippen molar-refractivity contribution in [1.82, 2.24) is 9.71 Å². The lowest BCUT2D eigenvalue weighted by molar-refractivity contribution is 0.102. The molecule has 0 aliphatic rings. The van der Waals surface area contributed by atoms with E-state index in [0.29, 0.717) is 17.8 Å². The largest absolute Gasteiger partial charge is 0.307 e. The van der Waals surface area contributed by atoms with E-state index in [1.54, 1.807) is 19.1 Å². The van der Waals surface area contributed by atoms with E-state index in [4.69, 9.17) is 0 Å². The lowest BCUT2D eigenvalue weighted by Gasteiger charge is -2.12. The molecule has 0 saturated carbocycles. The Morgan fingerprint density at radius 3 is 2.42 bits per heavy atom. The van der Waals surface area contributed by atoms with E-state index in [9.17, 15) is 13.2 Å². The van der Waals surface area contributed by atoms with Gasteiger partial charge in [-0.2, -0.15) is 0 Å². The molecule has 2 aromatic rings. The van der Waals surface area contributed by atoms with E-state index in [0.717, 1.165) is 5.69 Å². The Kier molecular flexibility index (Phi) is 5.69. The second-order valence-electron chi connectivity index (χ2n) is 5.57. The molecule has 1 amide bonds. The van der Waals surface area contributed by atoms with E-state index in [2.05, 4.69) is 15.0 Å². The number of nitrogens with zero attached hydrogens (tertiary/aromatic N) is 1.